The molecule has 0 aromatic carbocycles. The molecule has 1 rings (SSSR count). The molecule has 2 nitrogen and oxygen atoms in total. The van der Waals surface area contributed by atoms with Gasteiger partial charge in [0.05, 0.1) is 11.1 Å². The molecule has 1 aromatic heterocycles. The Morgan fingerprint density at radius 2 is 2.08 bits per heavy atom. The quantitative estimate of drug-likeness (QED) is 0.836. The number of aliphatic hydroxyl groups excluding tert-OH is 1. The van der Waals surface area contributed by atoms with Gasteiger partial charge in [-0.1, -0.05) is 0 Å². The second kappa shape index (κ2) is 3.63. The second-order valence-electron chi connectivity index (χ2n) is 2.29. The Hall–Kier alpha value is -0.620. The molecule has 0 atom stereocenters. The first-order valence-corrected chi connectivity index (χ1v) is 4.07. The maximum Gasteiger partial charge on any atom is 0.434 e. The number of rotatable bonds is 1. The molecule has 0 aliphatic carbocycles. The topological polar surface area (TPSA) is 33.1 Å². The van der Waals surface area contributed by atoms with Crippen LogP contribution in [0.5, 0.6) is 0 Å². The van der Waals surface area contributed by atoms with Gasteiger partial charge in [0.2, 0.25) is 0 Å². The number of nitrogens with zero attached hydrogens (tertiary/aromatic N) is 1. The standard InChI is InChI=1S/C7H5BrF3NO/c8-5-4(3-13)1-2-12-6(5)7(9,10)11/h1-2,13H,3H2. The maximum absolute atomic E-state index is 12.2. The van der Waals surface area contributed by atoms with E-state index in [-0.39, 0.29) is 10.0 Å². The van der Waals surface area contributed by atoms with Gasteiger partial charge in [-0.05, 0) is 27.6 Å². The molecule has 0 bridgehead atoms. The van der Waals surface area contributed by atoms with Gasteiger partial charge in [0.25, 0.3) is 0 Å². The van der Waals surface area contributed by atoms with Gasteiger partial charge in [0.1, 0.15) is 0 Å². The zero-order chi connectivity index (χ0) is 10.1. The van der Waals surface area contributed by atoms with Crippen molar-refractivity contribution in [3.8, 4) is 0 Å². The molecule has 0 aliphatic heterocycles. The Balaban J connectivity index is 3.24. The van der Waals surface area contributed by atoms with E-state index < -0.39 is 18.5 Å². The van der Waals surface area contributed by atoms with Crippen LogP contribution in [0.25, 0.3) is 0 Å². The molecule has 0 saturated carbocycles. The minimum absolute atomic E-state index is 0.169. The van der Waals surface area contributed by atoms with Gasteiger partial charge in [-0.25, -0.2) is 0 Å². The van der Waals surface area contributed by atoms with Gasteiger partial charge >= 0.3 is 6.18 Å². The molecule has 0 unspecified atom stereocenters. The molecule has 13 heavy (non-hydrogen) atoms. The summed E-state index contributed by atoms with van der Waals surface area (Å²) in [6.07, 6.45) is -3.48. The van der Waals surface area contributed by atoms with Crippen molar-refractivity contribution in [2.75, 3.05) is 0 Å². The van der Waals surface area contributed by atoms with E-state index in [2.05, 4.69) is 20.9 Å². The summed E-state index contributed by atoms with van der Waals surface area (Å²) in [5, 5.41) is 8.68. The van der Waals surface area contributed by atoms with E-state index >= 15 is 0 Å². The van der Waals surface area contributed by atoms with Crippen LogP contribution in [0.1, 0.15) is 11.3 Å². The summed E-state index contributed by atoms with van der Waals surface area (Å²) in [6.45, 7) is -0.452. The fourth-order valence-corrected chi connectivity index (χ4v) is 1.39. The van der Waals surface area contributed by atoms with Crippen LogP contribution >= 0.6 is 15.9 Å². The van der Waals surface area contributed by atoms with Gasteiger partial charge in [-0.3, -0.25) is 4.98 Å². The molecule has 0 amide bonds. The van der Waals surface area contributed by atoms with Crippen LogP contribution in [0.4, 0.5) is 13.2 Å². The van der Waals surface area contributed by atoms with Crippen LogP contribution in [-0.2, 0) is 12.8 Å². The normalized spacial score (nSPS) is 11.8. The number of hydrogen-bond donors (Lipinski definition) is 1. The Labute approximate surface area is 80.5 Å². The molecule has 0 aliphatic rings. The second-order valence-corrected chi connectivity index (χ2v) is 3.08. The molecule has 1 heterocycles. The van der Waals surface area contributed by atoms with E-state index in [4.69, 9.17) is 5.11 Å². The number of pyridine rings is 1. The highest BCUT2D eigenvalue weighted by Gasteiger charge is 2.35. The Morgan fingerprint density at radius 1 is 1.46 bits per heavy atom. The van der Waals surface area contributed by atoms with Crippen molar-refractivity contribution in [2.45, 2.75) is 12.8 Å². The molecule has 6 heteroatoms. The predicted octanol–water partition coefficient (Wildman–Crippen LogP) is 2.36. The lowest BCUT2D eigenvalue weighted by Gasteiger charge is -2.09. The van der Waals surface area contributed by atoms with Crippen molar-refractivity contribution in [2.24, 2.45) is 0 Å². The summed E-state index contributed by atoms with van der Waals surface area (Å²) in [5.74, 6) is 0. The fraction of sp³-hybridized carbons (Fsp3) is 0.286. The van der Waals surface area contributed by atoms with Crippen molar-refractivity contribution in [3.63, 3.8) is 0 Å². The van der Waals surface area contributed by atoms with Crippen molar-refractivity contribution >= 4 is 15.9 Å². The lowest BCUT2D eigenvalue weighted by molar-refractivity contribution is -0.141. The fourth-order valence-electron chi connectivity index (χ4n) is 0.803. The summed E-state index contributed by atoms with van der Waals surface area (Å²) in [7, 11) is 0. The van der Waals surface area contributed by atoms with Crippen LogP contribution in [0.15, 0.2) is 16.7 Å². The van der Waals surface area contributed by atoms with E-state index in [1.54, 1.807) is 0 Å². The van der Waals surface area contributed by atoms with E-state index in [1.807, 2.05) is 0 Å². The van der Waals surface area contributed by atoms with E-state index in [1.165, 1.54) is 6.07 Å². The van der Waals surface area contributed by atoms with Crippen LogP contribution in [0, 0.1) is 0 Å². The summed E-state index contributed by atoms with van der Waals surface area (Å²) < 4.78 is 36.4. The van der Waals surface area contributed by atoms with Gasteiger partial charge in [0, 0.05) is 6.20 Å². The van der Waals surface area contributed by atoms with Gasteiger partial charge in [0.15, 0.2) is 5.69 Å². The summed E-state index contributed by atoms with van der Waals surface area (Å²) in [4.78, 5) is 3.18. The Morgan fingerprint density at radius 3 is 2.54 bits per heavy atom. The molecule has 72 valence electrons. The number of alkyl halides is 3. The lowest BCUT2D eigenvalue weighted by Crippen LogP contribution is -2.10. The van der Waals surface area contributed by atoms with Gasteiger partial charge in [-0.2, -0.15) is 13.2 Å². The van der Waals surface area contributed by atoms with E-state index in [9.17, 15) is 13.2 Å². The smallest absolute Gasteiger partial charge is 0.392 e. The molecular formula is C7H5BrF3NO. The zero-order valence-corrected chi connectivity index (χ0v) is 7.85. The monoisotopic (exact) mass is 255 g/mol. The summed E-state index contributed by atoms with van der Waals surface area (Å²) in [6, 6.07) is 1.32. The Kier molecular flexibility index (Phi) is 2.92. The van der Waals surface area contributed by atoms with Gasteiger partial charge < -0.3 is 5.11 Å². The first-order valence-electron chi connectivity index (χ1n) is 3.28. The molecule has 0 radical (unpaired) electrons. The lowest BCUT2D eigenvalue weighted by atomic mass is 10.2. The number of hydrogen-bond acceptors (Lipinski definition) is 2. The first-order chi connectivity index (χ1) is 5.96. The predicted molar refractivity (Wildman–Crippen MR) is 42.9 cm³/mol. The van der Waals surface area contributed by atoms with E-state index in [0.29, 0.717) is 0 Å². The third-order valence-corrected chi connectivity index (χ3v) is 2.29. The molecule has 0 saturated heterocycles. The first kappa shape index (κ1) is 10.5. The largest absolute Gasteiger partial charge is 0.434 e. The third kappa shape index (κ3) is 2.19. The van der Waals surface area contributed by atoms with E-state index in [0.717, 1.165) is 6.20 Å². The third-order valence-electron chi connectivity index (χ3n) is 1.41. The molecular weight excluding hydrogens is 251 g/mol. The zero-order valence-electron chi connectivity index (χ0n) is 6.27. The maximum atomic E-state index is 12.2. The average Bonchev–Trinajstić information content (AvgIpc) is 2.02. The van der Waals surface area contributed by atoms with Crippen molar-refractivity contribution in [1.29, 1.82) is 0 Å². The highest BCUT2D eigenvalue weighted by molar-refractivity contribution is 9.10. The molecule has 0 spiro atoms. The molecule has 1 N–H and O–H groups in total. The molecule has 1 aromatic rings. The SMILES string of the molecule is OCc1ccnc(C(F)(F)F)c1Br. The van der Waals surface area contributed by atoms with Crippen molar-refractivity contribution in [3.05, 3.63) is 28.0 Å². The summed E-state index contributed by atoms with van der Waals surface area (Å²) >= 11 is 2.73. The minimum atomic E-state index is -4.50. The number of halogens is 4. The van der Waals surface area contributed by atoms with Crippen LogP contribution in [-0.4, -0.2) is 10.1 Å². The van der Waals surface area contributed by atoms with Crippen molar-refractivity contribution in [1.82, 2.24) is 4.98 Å². The Bertz CT molecular complexity index is 313. The average molecular weight is 256 g/mol. The molecule has 0 fully saturated rings. The van der Waals surface area contributed by atoms with Crippen LogP contribution < -0.4 is 0 Å². The minimum Gasteiger partial charge on any atom is -0.392 e. The van der Waals surface area contributed by atoms with Gasteiger partial charge in [-0.15, -0.1) is 0 Å². The highest BCUT2D eigenvalue weighted by atomic mass is 79.9. The number of aliphatic hydroxyl groups is 1. The van der Waals surface area contributed by atoms with Crippen LogP contribution in [0.2, 0.25) is 0 Å². The van der Waals surface area contributed by atoms with Crippen molar-refractivity contribution < 1.29 is 18.3 Å². The summed E-state index contributed by atoms with van der Waals surface area (Å²) in [5.41, 5.74) is -0.846. The van der Waals surface area contributed by atoms with Crippen LogP contribution in [0.3, 0.4) is 0 Å². The number of aromatic nitrogens is 1. The highest BCUT2D eigenvalue weighted by Crippen LogP contribution is 2.34.